The Balaban J connectivity index is 2.16. The molecule has 0 radical (unpaired) electrons. The largest absolute Gasteiger partial charge is 0.487 e. The topological polar surface area (TPSA) is 39.1 Å². The Kier molecular flexibility index (Phi) is 5.65. The van der Waals surface area contributed by atoms with Crippen LogP contribution in [0.2, 0.25) is 5.02 Å². The van der Waals surface area contributed by atoms with E-state index < -0.39 is 0 Å². The average Bonchev–Trinajstić information content (AvgIpc) is 2.90. The van der Waals surface area contributed by atoms with Gasteiger partial charge in [-0.3, -0.25) is 4.68 Å². The number of hydrogen-bond acceptors (Lipinski definition) is 3. The van der Waals surface area contributed by atoms with Crippen molar-refractivity contribution < 1.29 is 4.74 Å². The van der Waals surface area contributed by atoms with E-state index in [1.807, 2.05) is 29.9 Å². The van der Waals surface area contributed by atoms with Gasteiger partial charge in [0.1, 0.15) is 12.4 Å². The summed E-state index contributed by atoms with van der Waals surface area (Å²) in [6.07, 6.45) is 0.933. The van der Waals surface area contributed by atoms with Gasteiger partial charge < -0.3 is 10.1 Å². The molecule has 0 fully saturated rings. The molecular weight excluding hydrogens is 286 g/mol. The van der Waals surface area contributed by atoms with Crippen LogP contribution < -0.4 is 10.1 Å². The SMILES string of the molecule is CCc1cc(COc2cccc(Cl)c2CNC)n(CC)n1. The Morgan fingerprint density at radius 1 is 1.33 bits per heavy atom. The van der Waals surface area contributed by atoms with E-state index in [0.29, 0.717) is 13.2 Å². The van der Waals surface area contributed by atoms with Crippen LogP contribution in [0.5, 0.6) is 5.75 Å². The molecule has 2 aromatic rings. The van der Waals surface area contributed by atoms with E-state index in [-0.39, 0.29) is 0 Å². The fourth-order valence-electron chi connectivity index (χ4n) is 2.25. The summed E-state index contributed by atoms with van der Waals surface area (Å²) in [6.45, 7) is 6.22. The Bertz CT molecular complexity index is 595. The minimum absolute atomic E-state index is 0.498. The van der Waals surface area contributed by atoms with Crippen molar-refractivity contribution in [3.8, 4) is 5.75 Å². The predicted octanol–water partition coefficient (Wildman–Crippen LogP) is 3.42. The third-order valence-corrected chi connectivity index (χ3v) is 3.73. The Labute approximate surface area is 131 Å². The maximum absolute atomic E-state index is 6.24. The van der Waals surface area contributed by atoms with Gasteiger partial charge in [0, 0.05) is 23.7 Å². The molecule has 1 aromatic carbocycles. The number of nitrogens with zero attached hydrogens (tertiary/aromatic N) is 2. The fourth-order valence-corrected chi connectivity index (χ4v) is 2.48. The van der Waals surface area contributed by atoms with E-state index >= 15 is 0 Å². The van der Waals surface area contributed by atoms with Gasteiger partial charge >= 0.3 is 0 Å². The molecule has 0 aliphatic rings. The molecule has 1 aromatic heterocycles. The molecule has 5 heteroatoms. The summed E-state index contributed by atoms with van der Waals surface area (Å²) in [4.78, 5) is 0. The van der Waals surface area contributed by atoms with E-state index in [4.69, 9.17) is 16.3 Å². The molecule has 0 aliphatic carbocycles. The first kappa shape index (κ1) is 15.9. The van der Waals surface area contributed by atoms with Crippen molar-refractivity contribution in [2.24, 2.45) is 0 Å². The van der Waals surface area contributed by atoms with Gasteiger partial charge in [-0.2, -0.15) is 5.10 Å². The normalized spacial score (nSPS) is 10.9. The van der Waals surface area contributed by atoms with E-state index in [1.54, 1.807) is 0 Å². The highest BCUT2D eigenvalue weighted by molar-refractivity contribution is 6.31. The van der Waals surface area contributed by atoms with Crippen LogP contribution in [0.1, 0.15) is 30.8 Å². The van der Waals surface area contributed by atoms with E-state index in [2.05, 4.69) is 30.3 Å². The summed E-state index contributed by atoms with van der Waals surface area (Å²) >= 11 is 6.24. The number of hydrogen-bond donors (Lipinski definition) is 1. The van der Waals surface area contributed by atoms with Crippen LogP contribution >= 0.6 is 11.6 Å². The van der Waals surface area contributed by atoms with Gasteiger partial charge in [0.15, 0.2) is 0 Å². The van der Waals surface area contributed by atoms with E-state index in [0.717, 1.165) is 40.7 Å². The van der Waals surface area contributed by atoms with Gasteiger partial charge in [-0.15, -0.1) is 0 Å². The first-order valence-electron chi connectivity index (χ1n) is 7.30. The first-order valence-corrected chi connectivity index (χ1v) is 7.67. The van der Waals surface area contributed by atoms with Crippen molar-refractivity contribution in [2.75, 3.05) is 7.05 Å². The minimum Gasteiger partial charge on any atom is -0.487 e. The van der Waals surface area contributed by atoms with Crippen molar-refractivity contribution in [2.45, 2.75) is 40.0 Å². The summed E-state index contributed by atoms with van der Waals surface area (Å²) < 4.78 is 7.96. The molecule has 1 N–H and O–H groups in total. The van der Waals surface area contributed by atoms with Crippen molar-refractivity contribution in [3.05, 3.63) is 46.2 Å². The van der Waals surface area contributed by atoms with Crippen LogP contribution in [0.3, 0.4) is 0 Å². The zero-order valence-electron chi connectivity index (χ0n) is 12.8. The van der Waals surface area contributed by atoms with Gasteiger partial charge in [0.2, 0.25) is 0 Å². The maximum Gasteiger partial charge on any atom is 0.130 e. The third kappa shape index (κ3) is 3.77. The monoisotopic (exact) mass is 307 g/mol. The standard InChI is InChI=1S/C16H22ClN3O/c1-4-12-9-13(20(5-2)19-12)11-21-16-8-6-7-15(17)14(16)10-18-3/h6-9,18H,4-5,10-11H2,1-3H3. The van der Waals surface area contributed by atoms with Gasteiger partial charge in [0.05, 0.1) is 11.4 Å². The first-order chi connectivity index (χ1) is 10.2. The predicted molar refractivity (Wildman–Crippen MR) is 85.8 cm³/mol. The highest BCUT2D eigenvalue weighted by Crippen LogP contribution is 2.27. The number of ether oxygens (including phenoxy) is 1. The molecule has 2 rings (SSSR count). The lowest BCUT2D eigenvalue weighted by Gasteiger charge is -2.13. The highest BCUT2D eigenvalue weighted by Gasteiger charge is 2.10. The van der Waals surface area contributed by atoms with Crippen molar-refractivity contribution >= 4 is 11.6 Å². The Morgan fingerprint density at radius 2 is 2.14 bits per heavy atom. The van der Waals surface area contributed by atoms with Crippen LogP contribution in [0, 0.1) is 0 Å². The van der Waals surface area contributed by atoms with Crippen molar-refractivity contribution in [1.29, 1.82) is 0 Å². The van der Waals surface area contributed by atoms with Crippen LogP contribution in [0.15, 0.2) is 24.3 Å². The summed E-state index contributed by atoms with van der Waals surface area (Å²) in [5, 5.41) is 8.37. The molecule has 4 nitrogen and oxygen atoms in total. The van der Waals surface area contributed by atoms with Gasteiger partial charge in [-0.1, -0.05) is 24.6 Å². The van der Waals surface area contributed by atoms with E-state index in [9.17, 15) is 0 Å². The second-order valence-corrected chi connectivity index (χ2v) is 5.24. The van der Waals surface area contributed by atoms with Gasteiger partial charge in [0.25, 0.3) is 0 Å². The third-order valence-electron chi connectivity index (χ3n) is 3.38. The molecule has 0 aliphatic heterocycles. The second-order valence-electron chi connectivity index (χ2n) is 4.83. The zero-order valence-corrected chi connectivity index (χ0v) is 13.6. The fraction of sp³-hybridized carbons (Fsp3) is 0.438. The van der Waals surface area contributed by atoms with Gasteiger partial charge in [-0.25, -0.2) is 0 Å². The Morgan fingerprint density at radius 3 is 2.81 bits per heavy atom. The molecule has 0 amide bonds. The molecule has 0 bridgehead atoms. The number of benzene rings is 1. The molecule has 1 heterocycles. The molecule has 0 atom stereocenters. The number of nitrogens with one attached hydrogen (secondary N) is 1. The van der Waals surface area contributed by atoms with Crippen LogP contribution in [-0.2, 0) is 26.1 Å². The number of aryl methyl sites for hydroxylation is 2. The lowest BCUT2D eigenvalue weighted by molar-refractivity contribution is 0.289. The van der Waals surface area contributed by atoms with Crippen LogP contribution in [-0.4, -0.2) is 16.8 Å². The van der Waals surface area contributed by atoms with Crippen molar-refractivity contribution in [1.82, 2.24) is 15.1 Å². The smallest absolute Gasteiger partial charge is 0.130 e. The maximum atomic E-state index is 6.24. The lowest BCUT2D eigenvalue weighted by Crippen LogP contribution is -2.10. The second kappa shape index (κ2) is 7.48. The summed E-state index contributed by atoms with van der Waals surface area (Å²) in [6, 6.07) is 7.84. The van der Waals surface area contributed by atoms with Gasteiger partial charge in [-0.05, 0) is 38.6 Å². The molecule has 114 valence electrons. The number of rotatable bonds is 7. The minimum atomic E-state index is 0.498. The molecule has 0 unspecified atom stereocenters. The molecule has 0 saturated heterocycles. The highest BCUT2D eigenvalue weighted by atomic mass is 35.5. The molecule has 21 heavy (non-hydrogen) atoms. The van der Waals surface area contributed by atoms with Crippen molar-refractivity contribution in [3.63, 3.8) is 0 Å². The summed E-state index contributed by atoms with van der Waals surface area (Å²) in [7, 11) is 1.90. The van der Waals surface area contributed by atoms with E-state index in [1.165, 1.54) is 0 Å². The zero-order chi connectivity index (χ0) is 15.2. The summed E-state index contributed by atoms with van der Waals surface area (Å²) in [5.41, 5.74) is 3.17. The summed E-state index contributed by atoms with van der Waals surface area (Å²) in [5.74, 6) is 0.818. The van der Waals surface area contributed by atoms with Crippen LogP contribution in [0.25, 0.3) is 0 Å². The number of halogens is 1. The quantitative estimate of drug-likeness (QED) is 0.852. The lowest BCUT2D eigenvalue weighted by atomic mass is 10.2. The molecule has 0 saturated carbocycles. The van der Waals surface area contributed by atoms with Crippen LogP contribution in [0.4, 0.5) is 0 Å². The average molecular weight is 308 g/mol. The Hall–Kier alpha value is -1.52. The molecular formula is C16H22ClN3O. The molecule has 0 spiro atoms. The number of aromatic nitrogens is 2.